The molecule has 0 fully saturated rings. The minimum absolute atomic E-state index is 0.0486. The van der Waals surface area contributed by atoms with Gasteiger partial charge in [0.1, 0.15) is 0 Å². The average molecular weight is 404 g/mol. The van der Waals surface area contributed by atoms with Gasteiger partial charge in [0, 0.05) is 25.2 Å². The topological polar surface area (TPSA) is 69.7 Å². The number of nitrogens with zero attached hydrogens (tertiary/aromatic N) is 2. The van der Waals surface area contributed by atoms with Gasteiger partial charge < -0.3 is 10.2 Å². The van der Waals surface area contributed by atoms with Crippen LogP contribution in [0.1, 0.15) is 35.8 Å². The fraction of sp³-hybridized carbons (Fsp3) is 0.381. The number of sulfonamides is 1. The van der Waals surface area contributed by atoms with E-state index in [1.54, 1.807) is 26.0 Å². The van der Waals surface area contributed by atoms with Crippen molar-refractivity contribution in [2.24, 2.45) is 0 Å². The third-order valence-corrected chi connectivity index (χ3v) is 6.79. The van der Waals surface area contributed by atoms with E-state index in [0.29, 0.717) is 25.2 Å². The van der Waals surface area contributed by atoms with Crippen molar-refractivity contribution in [3.63, 3.8) is 0 Å². The lowest BCUT2D eigenvalue weighted by molar-refractivity contribution is 0.0942. The van der Waals surface area contributed by atoms with Crippen LogP contribution < -0.4 is 5.32 Å². The lowest BCUT2D eigenvalue weighted by Gasteiger charge is -2.25. The second kappa shape index (κ2) is 9.82. The summed E-state index contributed by atoms with van der Waals surface area (Å²) in [6.07, 6.45) is 0. The molecular weight excluding hydrogens is 374 g/mol. The van der Waals surface area contributed by atoms with Gasteiger partial charge in [-0.1, -0.05) is 44.2 Å². The van der Waals surface area contributed by atoms with Crippen LogP contribution in [0.25, 0.3) is 0 Å². The summed E-state index contributed by atoms with van der Waals surface area (Å²) in [6.45, 7) is 4.88. The van der Waals surface area contributed by atoms with Crippen molar-refractivity contribution >= 4 is 15.9 Å². The first kappa shape index (κ1) is 22.1. The predicted octanol–water partition coefficient (Wildman–Crippen LogP) is 2.75. The third-order valence-electron chi connectivity index (χ3n) is 4.72. The van der Waals surface area contributed by atoms with Crippen molar-refractivity contribution in [1.82, 2.24) is 14.5 Å². The Kier molecular flexibility index (Phi) is 7.74. The summed E-state index contributed by atoms with van der Waals surface area (Å²) in [6, 6.07) is 16.1. The van der Waals surface area contributed by atoms with Gasteiger partial charge in [-0.3, -0.25) is 4.79 Å². The highest BCUT2D eigenvalue weighted by atomic mass is 32.2. The molecule has 7 heteroatoms. The summed E-state index contributed by atoms with van der Waals surface area (Å²) in [5.41, 5.74) is 1.55. The van der Waals surface area contributed by atoms with Gasteiger partial charge in [0.25, 0.3) is 5.91 Å². The molecule has 28 heavy (non-hydrogen) atoms. The minimum Gasteiger partial charge on any atom is -0.350 e. The molecule has 1 atom stereocenters. The van der Waals surface area contributed by atoms with Gasteiger partial charge in [-0.15, -0.1) is 0 Å². The van der Waals surface area contributed by atoms with Crippen molar-refractivity contribution in [2.45, 2.75) is 24.8 Å². The number of hydrogen-bond donors (Lipinski definition) is 1. The number of carbonyl (C=O) groups is 1. The lowest BCUT2D eigenvalue weighted by Crippen LogP contribution is -2.34. The van der Waals surface area contributed by atoms with Crippen molar-refractivity contribution < 1.29 is 13.2 Å². The maximum absolute atomic E-state index is 12.5. The number of amides is 1. The molecule has 0 saturated heterocycles. The minimum atomic E-state index is -3.52. The number of likely N-dealkylation sites (N-methyl/N-ethyl adjacent to an activating group) is 1. The molecule has 0 saturated carbocycles. The Hall–Kier alpha value is -2.22. The van der Waals surface area contributed by atoms with Crippen LogP contribution >= 0.6 is 0 Å². The molecule has 2 aromatic rings. The summed E-state index contributed by atoms with van der Waals surface area (Å²) in [5, 5.41) is 2.94. The maximum Gasteiger partial charge on any atom is 0.251 e. The van der Waals surface area contributed by atoms with Crippen molar-refractivity contribution in [2.75, 3.05) is 33.7 Å². The van der Waals surface area contributed by atoms with Crippen LogP contribution in [0.15, 0.2) is 59.5 Å². The summed E-state index contributed by atoms with van der Waals surface area (Å²) in [4.78, 5) is 14.8. The molecule has 0 aliphatic heterocycles. The van der Waals surface area contributed by atoms with Gasteiger partial charge in [-0.25, -0.2) is 8.42 Å². The molecule has 0 heterocycles. The Morgan fingerprint density at radius 2 is 1.54 bits per heavy atom. The van der Waals surface area contributed by atoms with E-state index < -0.39 is 10.0 Å². The van der Waals surface area contributed by atoms with E-state index in [1.165, 1.54) is 16.4 Å². The number of carbonyl (C=O) groups excluding carboxylic acids is 1. The van der Waals surface area contributed by atoms with Crippen molar-refractivity contribution in [1.29, 1.82) is 0 Å². The molecule has 0 radical (unpaired) electrons. The van der Waals surface area contributed by atoms with Gasteiger partial charge in [0.2, 0.25) is 10.0 Å². The van der Waals surface area contributed by atoms with Gasteiger partial charge in [0.05, 0.1) is 10.9 Å². The van der Waals surface area contributed by atoms with E-state index in [0.717, 1.165) is 5.56 Å². The number of benzene rings is 2. The van der Waals surface area contributed by atoms with Crippen LogP contribution in [0, 0.1) is 0 Å². The SMILES string of the molecule is CCN(CC)S(=O)(=O)c1ccc(C(=O)NC[C@@H](c2ccccc2)N(C)C)cc1. The molecule has 2 rings (SSSR count). The third kappa shape index (κ3) is 5.19. The molecule has 0 aromatic heterocycles. The molecule has 6 nitrogen and oxygen atoms in total. The monoisotopic (exact) mass is 403 g/mol. The molecule has 1 N–H and O–H groups in total. The van der Waals surface area contributed by atoms with Gasteiger partial charge in [-0.05, 0) is 43.9 Å². The predicted molar refractivity (Wildman–Crippen MR) is 112 cm³/mol. The highest BCUT2D eigenvalue weighted by Crippen LogP contribution is 2.18. The van der Waals surface area contributed by atoms with Crippen LogP contribution in [-0.4, -0.2) is 57.3 Å². The van der Waals surface area contributed by atoms with E-state index in [9.17, 15) is 13.2 Å². The first-order chi connectivity index (χ1) is 13.3. The van der Waals surface area contributed by atoms with Crippen LogP contribution in [0.4, 0.5) is 0 Å². The van der Waals surface area contributed by atoms with Crippen molar-refractivity contribution in [3.05, 3.63) is 65.7 Å². The zero-order chi connectivity index (χ0) is 20.7. The van der Waals surface area contributed by atoms with E-state index in [-0.39, 0.29) is 16.8 Å². The second-order valence-electron chi connectivity index (χ2n) is 6.71. The van der Waals surface area contributed by atoms with E-state index in [4.69, 9.17) is 0 Å². The van der Waals surface area contributed by atoms with Gasteiger partial charge >= 0.3 is 0 Å². The van der Waals surface area contributed by atoms with Crippen molar-refractivity contribution in [3.8, 4) is 0 Å². The molecule has 0 unspecified atom stereocenters. The van der Waals surface area contributed by atoms with Gasteiger partial charge in [0.15, 0.2) is 0 Å². The van der Waals surface area contributed by atoms with E-state index in [1.807, 2.05) is 44.4 Å². The summed E-state index contributed by atoms with van der Waals surface area (Å²) in [5.74, 6) is -0.227. The first-order valence-electron chi connectivity index (χ1n) is 9.41. The number of hydrogen-bond acceptors (Lipinski definition) is 4. The van der Waals surface area contributed by atoms with E-state index in [2.05, 4.69) is 10.2 Å². The second-order valence-corrected chi connectivity index (χ2v) is 8.65. The Balaban J connectivity index is 2.09. The quantitative estimate of drug-likeness (QED) is 0.699. The molecule has 0 aliphatic rings. The van der Waals surface area contributed by atoms with E-state index >= 15 is 0 Å². The molecule has 0 bridgehead atoms. The average Bonchev–Trinajstić information content (AvgIpc) is 2.69. The zero-order valence-electron chi connectivity index (χ0n) is 16.9. The Bertz CT molecular complexity index is 862. The number of nitrogens with one attached hydrogen (secondary N) is 1. The standard InChI is InChI=1S/C21H29N3O3S/c1-5-24(6-2)28(26,27)19-14-12-18(13-15-19)21(25)22-16-20(23(3)4)17-10-8-7-9-11-17/h7-15,20H,5-6,16H2,1-4H3,(H,22,25)/t20-/m0/s1. The highest BCUT2D eigenvalue weighted by Gasteiger charge is 2.22. The largest absolute Gasteiger partial charge is 0.350 e. The van der Waals surface area contributed by atoms with Gasteiger partial charge in [-0.2, -0.15) is 4.31 Å². The highest BCUT2D eigenvalue weighted by molar-refractivity contribution is 7.89. The van der Waals surface area contributed by atoms with Crippen LogP contribution in [0.2, 0.25) is 0 Å². The fourth-order valence-electron chi connectivity index (χ4n) is 3.06. The Morgan fingerprint density at radius 3 is 2.04 bits per heavy atom. The maximum atomic E-state index is 12.5. The number of rotatable bonds is 9. The normalized spacial score (nSPS) is 12.9. The molecule has 152 valence electrons. The smallest absolute Gasteiger partial charge is 0.251 e. The molecule has 0 aliphatic carbocycles. The molecule has 2 aromatic carbocycles. The fourth-order valence-corrected chi connectivity index (χ4v) is 4.51. The lowest BCUT2D eigenvalue weighted by atomic mass is 10.1. The molecule has 0 spiro atoms. The summed E-state index contributed by atoms with van der Waals surface area (Å²) in [7, 11) is 0.416. The summed E-state index contributed by atoms with van der Waals surface area (Å²) >= 11 is 0. The Labute approximate surface area is 168 Å². The molecular formula is C21H29N3O3S. The molecule has 1 amide bonds. The van der Waals surface area contributed by atoms with Crippen LogP contribution in [0.3, 0.4) is 0 Å². The Morgan fingerprint density at radius 1 is 0.964 bits per heavy atom. The van der Waals surface area contributed by atoms with Crippen LogP contribution in [-0.2, 0) is 10.0 Å². The van der Waals surface area contributed by atoms with Crippen LogP contribution in [0.5, 0.6) is 0 Å². The zero-order valence-corrected chi connectivity index (χ0v) is 17.7. The first-order valence-corrected chi connectivity index (χ1v) is 10.8. The summed E-state index contributed by atoms with van der Waals surface area (Å²) < 4.78 is 26.5.